The van der Waals surface area contributed by atoms with Crippen LogP contribution in [0, 0.1) is 16.7 Å². The van der Waals surface area contributed by atoms with Gasteiger partial charge in [0, 0.05) is 23.4 Å². The lowest BCUT2D eigenvalue weighted by Crippen LogP contribution is -2.43. The van der Waals surface area contributed by atoms with Gasteiger partial charge in [0.1, 0.15) is 0 Å². The first-order chi connectivity index (χ1) is 18.2. The molecule has 2 bridgehead atoms. The van der Waals surface area contributed by atoms with E-state index in [9.17, 15) is 13.9 Å². The van der Waals surface area contributed by atoms with Gasteiger partial charge in [0.2, 0.25) is 0 Å². The Morgan fingerprint density at radius 1 is 1.11 bits per heavy atom. The highest BCUT2D eigenvalue weighted by molar-refractivity contribution is 8.23. The van der Waals surface area contributed by atoms with Crippen molar-refractivity contribution in [2.24, 2.45) is 16.7 Å². The largest absolute Gasteiger partial charge is 0.493 e. The first-order valence-electron chi connectivity index (χ1n) is 13.7. The maximum Gasteiger partial charge on any atom is 0.272 e. The molecule has 2 aromatic rings. The SMILES string of the molecule is COc1ccc(/C=C(/C(=O)N2C3C[C@@H]4CC[C@]3(CS2(O)O)C4(C)C)c2ccncc2)cc1OC1CCCC1. The fourth-order valence-corrected chi connectivity index (χ4v) is 10.3. The van der Waals surface area contributed by atoms with Crippen molar-refractivity contribution >= 4 is 28.3 Å². The third kappa shape index (κ3) is 3.95. The standard InChI is InChI=1S/C30H38N2O5S/c1-29(2)22-10-13-30(29)19-38(34,35)32(27(30)18-22)28(33)24(21-11-14-31-15-12-21)16-20-8-9-25(36-3)26(17-20)37-23-6-4-5-7-23/h8-9,11-12,14-17,22-23,27,34-35H,4-7,10,13,18-19H2,1-3H3/b24-16+/t22-,27?,30+/m0/s1. The van der Waals surface area contributed by atoms with Crippen LogP contribution in [0.3, 0.4) is 0 Å². The normalized spacial score (nSPS) is 30.3. The molecule has 1 aromatic heterocycles. The maximum absolute atomic E-state index is 14.4. The quantitative estimate of drug-likeness (QED) is 0.400. The first-order valence-corrected chi connectivity index (χ1v) is 15.4. The summed E-state index contributed by atoms with van der Waals surface area (Å²) >= 11 is 0. The van der Waals surface area contributed by atoms with Gasteiger partial charge in [0.25, 0.3) is 5.91 Å². The number of ether oxygens (including phenoxy) is 2. The Labute approximate surface area is 226 Å². The van der Waals surface area contributed by atoms with Crippen molar-refractivity contribution in [2.75, 3.05) is 12.9 Å². The van der Waals surface area contributed by atoms with E-state index in [1.165, 1.54) is 4.31 Å². The van der Waals surface area contributed by atoms with Crippen LogP contribution in [-0.4, -0.2) is 49.3 Å². The summed E-state index contributed by atoms with van der Waals surface area (Å²) in [4.78, 5) is 18.5. The van der Waals surface area contributed by atoms with Gasteiger partial charge >= 0.3 is 0 Å². The Balaban J connectivity index is 1.40. The van der Waals surface area contributed by atoms with Crippen molar-refractivity contribution in [1.82, 2.24) is 9.29 Å². The van der Waals surface area contributed by atoms with Gasteiger partial charge in [-0.25, -0.2) is 4.31 Å². The molecule has 3 aliphatic carbocycles. The Bertz CT molecular complexity index is 1260. The van der Waals surface area contributed by atoms with Crippen molar-refractivity contribution in [2.45, 2.75) is 70.9 Å². The van der Waals surface area contributed by atoms with Crippen molar-refractivity contribution in [3.8, 4) is 11.5 Å². The summed E-state index contributed by atoms with van der Waals surface area (Å²) in [5, 5.41) is 0. The first kappa shape index (κ1) is 25.7. The van der Waals surface area contributed by atoms with Gasteiger partial charge in [-0.3, -0.25) is 18.9 Å². The van der Waals surface area contributed by atoms with Gasteiger partial charge in [-0.15, -0.1) is 10.8 Å². The molecule has 1 saturated heterocycles. The number of amides is 1. The average Bonchev–Trinajstić information content (AvgIpc) is 3.60. The fourth-order valence-electron chi connectivity index (χ4n) is 7.74. The van der Waals surface area contributed by atoms with E-state index in [1.54, 1.807) is 31.6 Å². The van der Waals surface area contributed by atoms with Crippen LogP contribution in [0.2, 0.25) is 0 Å². The van der Waals surface area contributed by atoms with E-state index in [1.807, 2.05) is 24.3 Å². The van der Waals surface area contributed by atoms with Crippen LogP contribution in [0.15, 0.2) is 42.7 Å². The molecule has 4 fully saturated rings. The third-order valence-electron chi connectivity index (χ3n) is 9.95. The van der Waals surface area contributed by atoms with Crippen LogP contribution in [0.25, 0.3) is 11.6 Å². The molecule has 7 nitrogen and oxygen atoms in total. The van der Waals surface area contributed by atoms with Gasteiger partial charge in [0.15, 0.2) is 11.5 Å². The molecule has 1 spiro atoms. The molecule has 2 N–H and O–H groups in total. The molecule has 204 valence electrons. The van der Waals surface area contributed by atoms with E-state index in [0.29, 0.717) is 28.6 Å². The number of benzene rings is 1. The van der Waals surface area contributed by atoms with Gasteiger partial charge in [-0.05, 0) is 97.7 Å². The van der Waals surface area contributed by atoms with E-state index in [-0.39, 0.29) is 34.6 Å². The fraction of sp³-hybridized carbons (Fsp3) is 0.533. The van der Waals surface area contributed by atoms with E-state index < -0.39 is 10.8 Å². The molecule has 6 rings (SSSR count). The predicted molar refractivity (Wildman–Crippen MR) is 150 cm³/mol. The minimum absolute atomic E-state index is 0.0284. The van der Waals surface area contributed by atoms with Crippen LogP contribution < -0.4 is 9.47 Å². The summed E-state index contributed by atoms with van der Waals surface area (Å²) in [6.45, 7) is 4.49. The Hall–Kier alpha value is -2.55. The number of carbonyl (C=O) groups is 1. The lowest BCUT2D eigenvalue weighted by atomic mass is 9.69. The van der Waals surface area contributed by atoms with E-state index >= 15 is 0 Å². The van der Waals surface area contributed by atoms with Crippen LogP contribution in [0.5, 0.6) is 11.5 Å². The van der Waals surface area contributed by atoms with Crippen LogP contribution in [0.4, 0.5) is 0 Å². The molecule has 1 aliphatic heterocycles. The topological polar surface area (TPSA) is 92.1 Å². The molecular formula is C30H38N2O5S. The molecular weight excluding hydrogens is 500 g/mol. The Kier molecular flexibility index (Phi) is 6.28. The highest BCUT2D eigenvalue weighted by atomic mass is 32.3. The Morgan fingerprint density at radius 3 is 2.53 bits per heavy atom. The van der Waals surface area contributed by atoms with Gasteiger partial charge in [-0.2, -0.15) is 0 Å². The third-order valence-corrected chi connectivity index (χ3v) is 11.9. The summed E-state index contributed by atoms with van der Waals surface area (Å²) in [5.41, 5.74) is 1.62. The van der Waals surface area contributed by atoms with Crippen LogP contribution in [0.1, 0.15) is 69.9 Å². The van der Waals surface area contributed by atoms with Gasteiger partial charge < -0.3 is 9.47 Å². The second-order valence-electron chi connectivity index (χ2n) is 12.0. The number of methoxy groups -OCH3 is 1. The number of fused-ring (bicyclic) bond motifs is 1. The molecule has 4 aliphatic rings. The number of aromatic nitrogens is 1. The zero-order valence-corrected chi connectivity index (χ0v) is 23.2. The minimum atomic E-state index is -3.26. The monoisotopic (exact) mass is 538 g/mol. The predicted octanol–water partition coefficient (Wildman–Crippen LogP) is 6.65. The average molecular weight is 539 g/mol. The summed E-state index contributed by atoms with van der Waals surface area (Å²) in [6.07, 6.45) is 12.5. The molecule has 3 saturated carbocycles. The molecule has 3 atom stereocenters. The molecule has 1 aromatic carbocycles. The summed E-state index contributed by atoms with van der Waals surface area (Å²) in [6, 6.07) is 9.10. The van der Waals surface area contributed by atoms with Crippen LogP contribution in [-0.2, 0) is 4.79 Å². The van der Waals surface area contributed by atoms with Crippen molar-refractivity contribution in [3.63, 3.8) is 0 Å². The molecule has 8 heteroatoms. The maximum atomic E-state index is 14.4. The summed E-state index contributed by atoms with van der Waals surface area (Å²) in [5.74, 6) is 1.74. The highest BCUT2D eigenvalue weighted by Gasteiger charge is 2.72. The highest BCUT2D eigenvalue weighted by Crippen LogP contribution is 2.76. The molecule has 2 heterocycles. The van der Waals surface area contributed by atoms with E-state index in [0.717, 1.165) is 50.5 Å². The Morgan fingerprint density at radius 2 is 1.84 bits per heavy atom. The van der Waals surface area contributed by atoms with E-state index in [2.05, 4.69) is 18.8 Å². The lowest BCUT2D eigenvalue weighted by Gasteiger charge is -2.40. The number of pyridine rings is 1. The number of hydrogen-bond acceptors (Lipinski definition) is 6. The zero-order chi connectivity index (χ0) is 26.7. The second kappa shape index (κ2) is 9.28. The molecule has 0 radical (unpaired) electrons. The molecule has 1 amide bonds. The van der Waals surface area contributed by atoms with Gasteiger partial charge in [-0.1, -0.05) is 19.9 Å². The molecule has 1 unspecified atom stereocenters. The minimum Gasteiger partial charge on any atom is -0.493 e. The van der Waals surface area contributed by atoms with Crippen molar-refractivity contribution < 1.29 is 23.4 Å². The van der Waals surface area contributed by atoms with Crippen molar-refractivity contribution in [1.29, 1.82) is 0 Å². The lowest BCUT2D eigenvalue weighted by molar-refractivity contribution is -0.123. The number of carbonyl (C=O) groups excluding carboxylic acids is 1. The second-order valence-corrected chi connectivity index (χ2v) is 13.9. The number of rotatable bonds is 6. The van der Waals surface area contributed by atoms with Gasteiger partial charge in [0.05, 0.1) is 25.0 Å². The number of hydrogen-bond donors (Lipinski definition) is 2. The summed E-state index contributed by atoms with van der Waals surface area (Å²) in [7, 11) is -1.63. The smallest absolute Gasteiger partial charge is 0.272 e. The summed E-state index contributed by atoms with van der Waals surface area (Å²) < 4.78 is 36.1. The van der Waals surface area contributed by atoms with Crippen molar-refractivity contribution in [3.05, 3.63) is 53.9 Å². The zero-order valence-electron chi connectivity index (χ0n) is 22.4. The molecule has 38 heavy (non-hydrogen) atoms. The number of nitrogens with zero attached hydrogens (tertiary/aromatic N) is 2. The van der Waals surface area contributed by atoms with Crippen LogP contribution >= 0.6 is 10.8 Å². The van der Waals surface area contributed by atoms with E-state index in [4.69, 9.17) is 9.47 Å².